The van der Waals surface area contributed by atoms with Gasteiger partial charge in [0.05, 0.1) is 18.1 Å². The SMILES string of the molecule is CCOC(=O)CSc1nnc(COc2ccccc2C2=NOC(c3ccc(Cl)cc3Cl)C2)n1NC(=O)c1ccccc1. The number of nitrogens with one attached hydrogen (secondary N) is 1. The average Bonchev–Trinajstić information content (AvgIpc) is 3.63. The summed E-state index contributed by atoms with van der Waals surface area (Å²) in [7, 11) is 0. The largest absolute Gasteiger partial charge is 0.485 e. The highest BCUT2D eigenvalue weighted by Crippen LogP contribution is 2.36. The lowest BCUT2D eigenvalue weighted by molar-refractivity contribution is -0.139. The molecule has 0 radical (unpaired) electrons. The van der Waals surface area contributed by atoms with Crippen LogP contribution in [0.5, 0.6) is 5.75 Å². The smallest absolute Gasteiger partial charge is 0.316 e. The summed E-state index contributed by atoms with van der Waals surface area (Å²) >= 11 is 13.5. The first-order chi connectivity index (χ1) is 20.4. The van der Waals surface area contributed by atoms with Crippen LogP contribution < -0.4 is 10.2 Å². The Balaban J connectivity index is 1.33. The molecule has 10 nitrogen and oxygen atoms in total. The van der Waals surface area contributed by atoms with E-state index in [-0.39, 0.29) is 31.0 Å². The summed E-state index contributed by atoms with van der Waals surface area (Å²) < 4.78 is 12.6. The van der Waals surface area contributed by atoms with E-state index in [1.165, 1.54) is 4.68 Å². The van der Waals surface area contributed by atoms with Crippen molar-refractivity contribution in [2.24, 2.45) is 5.16 Å². The average molecular weight is 627 g/mol. The molecule has 3 aromatic carbocycles. The van der Waals surface area contributed by atoms with Crippen LogP contribution in [0, 0.1) is 0 Å². The van der Waals surface area contributed by atoms with Gasteiger partial charge in [-0.05, 0) is 43.3 Å². The Labute approximate surface area is 255 Å². The molecule has 0 saturated carbocycles. The van der Waals surface area contributed by atoms with Crippen LogP contribution in [-0.4, -0.2) is 44.8 Å². The molecule has 0 fully saturated rings. The third-order valence-electron chi connectivity index (χ3n) is 6.11. The topological polar surface area (TPSA) is 117 Å². The maximum Gasteiger partial charge on any atom is 0.316 e. The molecule has 216 valence electrons. The minimum absolute atomic E-state index is 0.00447. The van der Waals surface area contributed by atoms with Crippen LogP contribution in [0.4, 0.5) is 0 Å². The molecule has 13 heteroatoms. The minimum Gasteiger partial charge on any atom is -0.485 e. The minimum atomic E-state index is -0.407. The van der Waals surface area contributed by atoms with Gasteiger partial charge in [0.15, 0.2) is 11.9 Å². The van der Waals surface area contributed by atoms with Gasteiger partial charge in [-0.3, -0.25) is 15.0 Å². The Kier molecular flexibility index (Phi) is 9.63. The predicted molar refractivity (Wildman–Crippen MR) is 160 cm³/mol. The normalized spacial score (nSPS) is 14.2. The van der Waals surface area contributed by atoms with Crippen molar-refractivity contribution in [3.05, 3.63) is 105 Å². The second-order valence-electron chi connectivity index (χ2n) is 8.92. The number of aromatic nitrogens is 3. The monoisotopic (exact) mass is 625 g/mol. The van der Waals surface area contributed by atoms with Gasteiger partial charge in [-0.15, -0.1) is 10.2 Å². The van der Waals surface area contributed by atoms with Crippen molar-refractivity contribution in [2.75, 3.05) is 17.8 Å². The Bertz CT molecular complexity index is 1620. The van der Waals surface area contributed by atoms with Crippen molar-refractivity contribution in [2.45, 2.75) is 31.2 Å². The molecule has 1 aliphatic rings. The highest BCUT2D eigenvalue weighted by atomic mass is 35.5. The standard InChI is InChI=1S/C29H25Cl2N5O5S/c1-2-39-27(37)17-42-29-33-32-26(36(29)34-28(38)18-8-4-3-5-9-18)16-40-24-11-7-6-10-21(24)23-15-25(41-35-23)20-13-12-19(30)14-22(20)31/h3-14,25H,2,15-17H2,1H3,(H,34,38). The number of halogens is 2. The summed E-state index contributed by atoms with van der Waals surface area (Å²) in [5.74, 6) is 0.0636. The molecule has 1 unspecified atom stereocenters. The Morgan fingerprint density at radius 3 is 2.64 bits per heavy atom. The van der Waals surface area contributed by atoms with Crippen LogP contribution in [0.1, 0.15) is 46.8 Å². The van der Waals surface area contributed by atoms with Gasteiger partial charge in [0.25, 0.3) is 5.91 Å². The first-order valence-corrected chi connectivity index (χ1v) is 14.7. The maximum absolute atomic E-state index is 13.0. The van der Waals surface area contributed by atoms with Gasteiger partial charge in [0.2, 0.25) is 5.16 Å². The number of rotatable bonds is 11. The molecule has 1 aliphatic heterocycles. The van der Waals surface area contributed by atoms with Crippen LogP contribution >= 0.6 is 35.0 Å². The predicted octanol–water partition coefficient (Wildman–Crippen LogP) is 6.07. The van der Waals surface area contributed by atoms with Gasteiger partial charge in [0, 0.05) is 33.2 Å². The number of para-hydroxylation sites is 1. The van der Waals surface area contributed by atoms with Crippen LogP contribution in [-0.2, 0) is 21.0 Å². The molecule has 0 aliphatic carbocycles. The molecule has 1 atom stereocenters. The fourth-order valence-corrected chi connectivity index (χ4v) is 5.36. The highest BCUT2D eigenvalue weighted by Gasteiger charge is 2.28. The van der Waals surface area contributed by atoms with Crippen molar-refractivity contribution >= 4 is 52.6 Å². The molecule has 0 saturated heterocycles. The Morgan fingerprint density at radius 2 is 1.86 bits per heavy atom. The summed E-state index contributed by atoms with van der Waals surface area (Å²) in [5, 5.41) is 14.0. The van der Waals surface area contributed by atoms with E-state index in [1.54, 1.807) is 49.4 Å². The molecule has 42 heavy (non-hydrogen) atoms. The number of nitrogens with zero attached hydrogens (tertiary/aromatic N) is 4. The molecule has 1 aromatic heterocycles. The second-order valence-corrected chi connectivity index (χ2v) is 10.7. The van der Waals surface area contributed by atoms with Crippen molar-refractivity contribution in [3.8, 4) is 5.75 Å². The number of esters is 1. The van der Waals surface area contributed by atoms with Gasteiger partial charge < -0.3 is 14.3 Å². The van der Waals surface area contributed by atoms with E-state index in [0.717, 1.165) is 22.9 Å². The number of hydrogen-bond acceptors (Lipinski definition) is 9. The van der Waals surface area contributed by atoms with Gasteiger partial charge in [-0.25, -0.2) is 4.68 Å². The van der Waals surface area contributed by atoms with E-state index >= 15 is 0 Å². The number of carbonyl (C=O) groups excluding carboxylic acids is 2. The summed E-state index contributed by atoms with van der Waals surface area (Å²) in [4.78, 5) is 30.6. The second kappa shape index (κ2) is 13.7. The van der Waals surface area contributed by atoms with Crippen LogP contribution in [0.25, 0.3) is 0 Å². The van der Waals surface area contributed by atoms with Crippen LogP contribution in [0.3, 0.4) is 0 Å². The highest BCUT2D eigenvalue weighted by molar-refractivity contribution is 7.99. The molecule has 5 rings (SSSR count). The van der Waals surface area contributed by atoms with Crippen molar-refractivity contribution in [1.29, 1.82) is 0 Å². The number of benzene rings is 3. The van der Waals surface area contributed by atoms with E-state index in [1.807, 2.05) is 30.3 Å². The lowest BCUT2D eigenvalue weighted by Gasteiger charge is -2.14. The fourth-order valence-electron chi connectivity index (χ4n) is 4.12. The molecule has 1 N–H and O–H groups in total. The van der Waals surface area contributed by atoms with E-state index in [9.17, 15) is 9.59 Å². The molecular formula is C29H25Cl2N5O5S. The van der Waals surface area contributed by atoms with E-state index in [2.05, 4.69) is 20.8 Å². The number of carbonyl (C=O) groups is 2. The molecular weight excluding hydrogens is 601 g/mol. The molecule has 2 heterocycles. The number of ether oxygens (including phenoxy) is 2. The summed E-state index contributed by atoms with van der Waals surface area (Å²) in [5.41, 5.74) is 5.46. The number of amides is 1. The maximum atomic E-state index is 13.0. The zero-order valence-corrected chi connectivity index (χ0v) is 24.7. The van der Waals surface area contributed by atoms with E-state index in [4.69, 9.17) is 37.5 Å². The Morgan fingerprint density at radius 1 is 1.07 bits per heavy atom. The fraction of sp³-hybridized carbons (Fsp3) is 0.207. The molecule has 0 spiro atoms. The van der Waals surface area contributed by atoms with Crippen LogP contribution in [0.15, 0.2) is 83.1 Å². The van der Waals surface area contributed by atoms with Crippen molar-refractivity contribution in [1.82, 2.24) is 14.9 Å². The van der Waals surface area contributed by atoms with Gasteiger partial charge in [0.1, 0.15) is 12.4 Å². The van der Waals surface area contributed by atoms with Crippen LogP contribution in [0.2, 0.25) is 10.0 Å². The Hall–Kier alpha value is -4.06. The molecule has 1 amide bonds. The third-order valence-corrected chi connectivity index (χ3v) is 7.57. The summed E-state index contributed by atoms with van der Waals surface area (Å²) in [6.07, 6.45) is 0.104. The number of hydrogen-bond donors (Lipinski definition) is 1. The number of thioether (sulfide) groups is 1. The lowest BCUT2D eigenvalue weighted by atomic mass is 9.99. The summed E-state index contributed by atoms with van der Waals surface area (Å²) in [6.45, 7) is 1.95. The van der Waals surface area contributed by atoms with Crippen molar-refractivity contribution < 1.29 is 23.9 Å². The number of oxime groups is 1. The quantitative estimate of drug-likeness (QED) is 0.158. The van der Waals surface area contributed by atoms with E-state index in [0.29, 0.717) is 44.5 Å². The van der Waals surface area contributed by atoms with Gasteiger partial charge in [-0.2, -0.15) is 0 Å². The zero-order chi connectivity index (χ0) is 29.5. The molecule has 4 aromatic rings. The van der Waals surface area contributed by atoms with Crippen molar-refractivity contribution in [3.63, 3.8) is 0 Å². The third kappa shape index (κ3) is 7.04. The van der Waals surface area contributed by atoms with Gasteiger partial charge in [-0.1, -0.05) is 76.5 Å². The van der Waals surface area contributed by atoms with E-state index < -0.39 is 5.97 Å². The lowest BCUT2D eigenvalue weighted by Crippen LogP contribution is -2.26. The summed E-state index contributed by atoms with van der Waals surface area (Å²) in [6, 6.07) is 21.4. The van der Waals surface area contributed by atoms with Gasteiger partial charge >= 0.3 is 5.97 Å². The molecule has 0 bridgehead atoms. The first kappa shape index (κ1) is 29.4. The zero-order valence-electron chi connectivity index (χ0n) is 22.3. The first-order valence-electron chi connectivity index (χ1n) is 12.9.